The van der Waals surface area contributed by atoms with E-state index in [0.29, 0.717) is 46.3 Å². The monoisotopic (exact) mass is 425 g/mol. The van der Waals surface area contributed by atoms with Gasteiger partial charge in [-0.15, -0.1) is 0 Å². The number of methoxy groups -OCH3 is 3. The molecule has 0 aliphatic rings. The highest BCUT2D eigenvalue weighted by Gasteiger charge is 2.13. The van der Waals surface area contributed by atoms with Crippen LogP contribution >= 0.6 is 23.2 Å². The average molecular weight is 426 g/mol. The molecular formula is C20H25Cl2N3O3. The van der Waals surface area contributed by atoms with Crippen molar-refractivity contribution in [3.05, 3.63) is 51.5 Å². The van der Waals surface area contributed by atoms with E-state index < -0.39 is 0 Å². The predicted molar refractivity (Wildman–Crippen MR) is 114 cm³/mol. The molecule has 0 saturated heterocycles. The number of halogens is 2. The van der Waals surface area contributed by atoms with E-state index in [0.717, 1.165) is 17.5 Å². The van der Waals surface area contributed by atoms with E-state index in [1.54, 1.807) is 34.4 Å². The second-order valence-electron chi connectivity index (χ2n) is 5.87. The number of hydrogen-bond acceptors (Lipinski definition) is 4. The Labute approximate surface area is 175 Å². The minimum absolute atomic E-state index is 0.540. The van der Waals surface area contributed by atoms with Crippen LogP contribution in [0.5, 0.6) is 17.2 Å². The summed E-state index contributed by atoms with van der Waals surface area (Å²) in [5, 5.41) is 7.83. The first kappa shape index (κ1) is 22.0. The fraction of sp³-hybridized carbons (Fsp3) is 0.350. The van der Waals surface area contributed by atoms with Crippen LogP contribution in [0.2, 0.25) is 10.0 Å². The first-order valence-electron chi connectivity index (χ1n) is 8.69. The van der Waals surface area contributed by atoms with Gasteiger partial charge >= 0.3 is 0 Å². The molecule has 152 valence electrons. The Morgan fingerprint density at radius 2 is 1.64 bits per heavy atom. The molecule has 2 rings (SSSR count). The van der Waals surface area contributed by atoms with Crippen molar-refractivity contribution in [2.24, 2.45) is 4.99 Å². The number of benzene rings is 2. The van der Waals surface area contributed by atoms with E-state index in [1.807, 2.05) is 24.3 Å². The molecule has 0 saturated carbocycles. The fourth-order valence-corrected chi connectivity index (χ4v) is 3.19. The highest BCUT2D eigenvalue weighted by Crippen LogP contribution is 2.38. The SMILES string of the molecule is CN=C(NCCc1ccc(Cl)cc1Cl)NCc1cc(OC)c(OC)c(OC)c1. The lowest BCUT2D eigenvalue weighted by atomic mass is 10.1. The van der Waals surface area contributed by atoms with E-state index in [2.05, 4.69) is 15.6 Å². The molecule has 0 amide bonds. The van der Waals surface area contributed by atoms with Crippen LogP contribution in [0.15, 0.2) is 35.3 Å². The molecule has 0 atom stereocenters. The Morgan fingerprint density at radius 3 is 2.18 bits per heavy atom. The van der Waals surface area contributed by atoms with Gasteiger partial charge in [-0.3, -0.25) is 4.99 Å². The van der Waals surface area contributed by atoms with E-state index in [4.69, 9.17) is 37.4 Å². The maximum Gasteiger partial charge on any atom is 0.203 e. The molecule has 0 aromatic heterocycles. The lowest BCUT2D eigenvalue weighted by Gasteiger charge is -2.16. The molecule has 0 unspecified atom stereocenters. The van der Waals surface area contributed by atoms with Crippen molar-refractivity contribution in [3.63, 3.8) is 0 Å². The number of hydrogen-bond donors (Lipinski definition) is 2. The Balaban J connectivity index is 1.95. The largest absolute Gasteiger partial charge is 0.493 e. The molecule has 2 aromatic carbocycles. The van der Waals surface area contributed by atoms with Crippen molar-refractivity contribution < 1.29 is 14.2 Å². The van der Waals surface area contributed by atoms with Crippen molar-refractivity contribution in [1.82, 2.24) is 10.6 Å². The van der Waals surface area contributed by atoms with Gasteiger partial charge in [-0.05, 0) is 41.8 Å². The number of rotatable bonds is 8. The van der Waals surface area contributed by atoms with Crippen LogP contribution in [0.4, 0.5) is 0 Å². The Bertz CT molecular complexity index is 803. The lowest BCUT2D eigenvalue weighted by Crippen LogP contribution is -2.37. The number of nitrogens with one attached hydrogen (secondary N) is 2. The second kappa shape index (κ2) is 10.9. The zero-order valence-corrected chi connectivity index (χ0v) is 17.9. The normalized spacial score (nSPS) is 11.1. The fourth-order valence-electron chi connectivity index (χ4n) is 2.68. The third-order valence-corrected chi connectivity index (χ3v) is 4.70. The summed E-state index contributed by atoms with van der Waals surface area (Å²) in [5.41, 5.74) is 2.00. The van der Waals surface area contributed by atoms with Crippen LogP contribution in [-0.4, -0.2) is 40.9 Å². The first-order chi connectivity index (χ1) is 13.5. The molecule has 2 N–H and O–H groups in total. The third-order valence-electron chi connectivity index (χ3n) is 4.11. The van der Waals surface area contributed by atoms with E-state index in [1.165, 1.54) is 0 Å². The molecule has 0 fully saturated rings. The van der Waals surface area contributed by atoms with Gasteiger partial charge in [0.25, 0.3) is 0 Å². The summed E-state index contributed by atoms with van der Waals surface area (Å²) in [6.07, 6.45) is 0.751. The van der Waals surface area contributed by atoms with Gasteiger partial charge in [-0.1, -0.05) is 29.3 Å². The van der Waals surface area contributed by atoms with Crippen LogP contribution in [0.1, 0.15) is 11.1 Å². The van der Waals surface area contributed by atoms with E-state index in [9.17, 15) is 0 Å². The van der Waals surface area contributed by atoms with Crippen molar-refractivity contribution in [1.29, 1.82) is 0 Å². The molecule has 0 spiro atoms. The van der Waals surface area contributed by atoms with Crippen molar-refractivity contribution in [3.8, 4) is 17.2 Å². The minimum Gasteiger partial charge on any atom is -0.493 e. The number of ether oxygens (including phenoxy) is 3. The zero-order chi connectivity index (χ0) is 20.5. The van der Waals surface area contributed by atoms with Crippen LogP contribution < -0.4 is 24.8 Å². The van der Waals surface area contributed by atoms with Crippen LogP contribution in [0, 0.1) is 0 Å². The third kappa shape index (κ3) is 5.84. The summed E-state index contributed by atoms with van der Waals surface area (Å²) in [4.78, 5) is 4.24. The molecule has 6 nitrogen and oxygen atoms in total. The van der Waals surface area contributed by atoms with Gasteiger partial charge in [0.05, 0.1) is 21.3 Å². The van der Waals surface area contributed by atoms with Gasteiger partial charge in [-0.2, -0.15) is 0 Å². The minimum atomic E-state index is 0.540. The summed E-state index contributed by atoms with van der Waals surface area (Å²) in [5.74, 6) is 2.47. The van der Waals surface area contributed by atoms with Crippen LogP contribution in [-0.2, 0) is 13.0 Å². The van der Waals surface area contributed by atoms with E-state index in [-0.39, 0.29) is 0 Å². The quantitative estimate of drug-likeness (QED) is 0.495. The molecule has 8 heteroatoms. The number of nitrogens with zero attached hydrogens (tertiary/aromatic N) is 1. The summed E-state index contributed by atoms with van der Waals surface area (Å²) >= 11 is 12.1. The van der Waals surface area contributed by atoms with Crippen molar-refractivity contribution in [2.45, 2.75) is 13.0 Å². The summed E-state index contributed by atoms with van der Waals surface area (Å²) in [6.45, 7) is 1.22. The maximum atomic E-state index is 6.21. The topological polar surface area (TPSA) is 64.1 Å². The summed E-state index contributed by atoms with van der Waals surface area (Å²) in [6, 6.07) is 9.30. The van der Waals surface area contributed by atoms with Gasteiger partial charge in [0.1, 0.15) is 0 Å². The maximum absolute atomic E-state index is 6.21. The van der Waals surface area contributed by atoms with Gasteiger partial charge in [-0.25, -0.2) is 0 Å². The molecule has 0 heterocycles. The molecular weight excluding hydrogens is 401 g/mol. The highest BCUT2D eigenvalue weighted by atomic mass is 35.5. The Hall–Kier alpha value is -2.31. The molecule has 0 radical (unpaired) electrons. The molecule has 28 heavy (non-hydrogen) atoms. The Kier molecular flexibility index (Phi) is 8.54. The van der Waals surface area contributed by atoms with Gasteiger partial charge in [0.15, 0.2) is 17.5 Å². The zero-order valence-electron chi connectivity index (χ0n) is 16.4. The van der Waals surface area contributed by atoms with Crippen molar-refractivity contribution in [2.75, 3.05) is 34.9 Å². The smallest absolute Gasteiger partial charge is 0.203 e. The summed E-state index contributed by atoms with van der Waals surface area (Å²) < 4.78 is 16.1. The first-order valence-corrected chi connectivity index (χ1v) is 9.45. The van der Waals surface area contributed by atoms with Gasteiger partial charge in [0.2, 0.25) is 5.75 Å². The summed E-state index contributed by atoms with van der Waals surface area (Å²) in [7, 11) is 6.49. The Morgan fingerprint density at radius 1 is 0.964 bits per heavy atom. The molecule has 0 bridgehead atoms. The van der Waals surface area contributed by atoms with E-state index >= 15 is 0 Å². The standard InChI is InChI=1S/C20H25Cl2N3O3/c1-23-20(24-8-7-14-5-6-15(21)11-16(14)22)25-12-13-9-17(26-2)19(28-4)18(10-13)27-3/h5-6,9-11H,7-8,12H2,1-4H3,(H2,23,24,25). The van der Waals surface area contributed by atoms with Crippen LogP contribution in [0.25, 0.3) is 0 Å². The van der Waals surface area contributed by atoms with Gasteiger partial charge < -0.3 is 24.8 Å². The molecule has 0 aliphatic carbocycles. The number of guanidine groups is 1. The average Bonchev–Trinajstić information content (AvgIpc) is 2.70. The van der Waals surface area contributed by atoms with Crippen LogP contribution in [0.3, 0.4) is 0 Å². The highest BCUT2D eigenvalue weighted by molar-refractivity contribution is 6.35. The molecule has 0 aliphatic heterocycles. The van der Waals surface area contributed by atoms with Crippen molar-refractivity contribution >= 4 is 29.2 Å². The predicted octanol–water partition coefficient (Wildman–Crippen LogP) is 3.93. The second-order valence-corrected chi connectivity index (χ2v) is 6.72. The van der Waals surface area contributed by atoms with Gasteiger partial charge in [0, 0.05) is 30.2 Å². The number of aliphatic imine (C=N–C) groups is 1. The molecule has 2 aromatic rings. The lowest BCUT2D eigenvalue weighted by molar-refractivity contribution is 0.323.